The minimum absolute atomic E-state index is 0.0456. The number of carbonyl (C=O) groups excluding carboxylic acids is 2. The van der Waals surface area contributed by atoms with Gasteiger partial charge in [-0.05, 0) is 18.6 Å². The molecule has 0 aromatic heterocycles. The second-order valence-electron chi connectivity index (χ2n) is 5.06. The van der Waals surface area contributed by atoms with E-state index in [1.807, 2.05) is 6.07 Å². The average molecular weight is 328 g/mol. The van der Waals surface area contributed by atoms with Crippen molar-refractivity contribution < 1.29 is 19.2 Å². The van der Waals surface area contributed by atoms with Gasteiger partial charge in [-0.1, -0.05) is 42.5 Å². The number of ether oxygens (including phenoxy) is 1. The normalized spacial score (nSPS) is 11.4. The maximum absolute atomic E-state index is 12.1. The highest BCUT2D eigenvalue weighted by Crippen LogP contribution is 2.23. The van der Waals surface area contributed by atoms with Crippen LogP contribution in [0.25, 0.3) is 0 Å². The number of amides is 1. The number of nitro benzene ring substituents is 1. The number of rotatable bonds is 6. The first-order valence-electron chi connectivity index (χ1n) is 7.25. The maximum Gasteiger partial charge on any atom is 0.311 e. The smallest absolute Gasteiger partial charge is 0.311 e. The van der Waals surface area contributed by atoms with Crippen LogP contribution >= 0.6 is 0 Å². The second-order valence-corrected chi connectivity index (χ2v) is 5.06. The number of esters is 1. The van der Waals surface area contributed by atoms with E-state index >= 15 is 0 Å². The Labute approximate surface area is 138 Å². The number of nitrogens with zero attached hydrogens (tertiary/aromatic N) is 1. The molecule has 0 unspecified atom stereocenters. The lowest BCUT2D eigenvalue weighted by Gasteiger charge is -2.13. The Hall–Kier alpha value is -3.22. The van der Waals surface area contributed by atoms with Crippen LogP contribution in [0.15, 0.2) is 54.6 Å². The van der Waals surface area contributed by atoms with Gasteiger partial charge in [0.25, 0.3) is 11.6 Å². The summed E-state index contributed by atoms with van der Waals surface area (Å²) in [6.45, 7) is 1.41. The highest BCUT2D eigenvalue weighted by Gasteiger charge is 2.21. The SMILES string of the molecule is C[C@H](OC(=O)Cc1ccccc1)C(=O)Nc1ccccc1[N+](=O)[O-]. The van der Waals surface area contributed by atoms with E-state index < -0.39 is 22.9 Å². The highest BCUT2D eigenvalue weighted by molar-refractivity contribution is 5.96. The fourth-order valence-electron chi connectivity index (χ4n) is 2.03. The van der Waals surface area contributed by atoms with Crippen molar-refractivity contribution in [1.29, 1.82) is 0 Å². The van der Waals surface area contributed by atoms with E-state index in [9.17, 15) is 19.7 Å². The first-order valence-corrected chi connectivity index (χ1v) is 7.25. The molecule has 0 saturated carbocycles. The molecular formula is C17H16N2O5. The summed E-state index contributed by atoms with van der Waals surface area (Å²) in [7, 11) is 0. The molecule has 1 N–H and O–H groups in total. The third-order valence-electron chi connectivity index (χ3n) is 3.23. The van der Waals surface area contributed by atoms with Gasteiger partial charge in [-0.3, -0.25) is 19.7 Å². The molecule has 0 saturated heterocycles. The van der Waals surface area contributed by atoms with Gasteiger partial charge in [-0.15, -0.1) is 0 Å². The Bertz CT molecular complexity index is 746. The summed E-state index contributed by atoms with van der Waals surface area (Å²) in [5.41, 5.74) is 0.598. The summed E-state index contributed by atoms with van der Waals surface area (Å²) in [6, 6.07) is 14.7. The molecule has 124 valence electrons. The molecule has 0 heterocycles. The zero-order valence-electron chi connectivity index (χ0n) is 13.0. The molecule has 0 bridgehead atoms. The molecule has 1 amide bonds. The zero-order chi connectivity index (χ0) is 17.5. The Morgan fingerprint density at radius 1 is 1.12 bits per heavy atom. The molecule has 1 atom stereocenters. The standard InChI is InChI=1S/C17H16N2O5/c1-12(24-16(20)11-13-7-3-2-4-8-13)17(21)18-14-9-5-6-10-15(14)19(22)23/h2-10,12H,11H2,1H3,(H,18,21)/t12-/m0/s1. The van der Waals surface area contributed by atoms with E-state index in [4.69, 9.17) is 4.74 Å². The van der Waals surface area contributed by atoms with Crippen LogP contribution in [-0.4, -0.2) is 22.9 Å². The predicted molar refractivity (Wildman–Crippen MR) is 87.4 cm³/mol. The molecule has 2 rings (SSSR count). The van der Waals surface area contributed by atoms with Crippen molar-refractivity contribution in [2.45, 2.75) is 19.4 Å². The molecule has 0 aliphatic rings. The van der Waals surface area contributed by atoms with Gasteiger partial charge >= 0.3 is 5.97 Å². The second kappa shape index (κ2) is 7.87. The van der Waals surface area contributed by atoms with Crippen molar-refractivity contribution in [1.82, 2.24) is 0 Å². The lowest BCUT2D eigenvalue weighted by atomic mass is 10.1. The van der Waals surface area contributed by atoms with E-state index in [2.05, 4.69) is 5.32 Å². The van der Waals surface area contributed by atoms with Gasteiger partial charge < -0.3 is 10.1 Å². The number of anilines is 1. The van der Waals surface area contributed by atoms with E-state index in [1.165, 1.54) is 25.1 Å². The van der Waals surface area contributed by atoms with E-state index in [-0.39, 0.29) is 17.8 Å². The van der Waals surface area contributed by atoms with Crippen LogP contribution < -0.4 is 5.32 Å². The Balaban J connectivity index is 1.95. The molecule has 2 aromatic carbocycles. The van der Waals surface area contributed by atoms with Crippen LogP contribution in [0.1, 0.15) is 12.5 Å². The van der Waals surface area contributed by atoms with Crippen LogP contribution in [0.5, 0.6) is 0 Å². The van der Waals surface area contributed by atoms with Crippen LogP contribution in [0, 0.1) is 10.1 Å². The van der Waals surface area contributed by atoms with Gasteiger partial charge in [0, 0.05) is 6.07 Å². The van der Waals surface area contributed by atoms with Crippen LogP contribution in [-0.2, 0) is 20.7 Å². The number of hydrogen-bond acceptors (Lipinski definition) is 5. The van der Waals surface area contributed by atoms with Gasteiger partial charge in [0.05, 0.1) is 11.3 Å². The Morgan fingerprint density at radius 2 is 1.75 bits per heavy atom. The molecule has 0 aliphatic carbocycles. The van der Waals surface area contributed by atoms with Crippen LogP contribution in [0.4, 0.5) is 11.4 Å². The van der Waals surface area contributed by atoms with Crippen molar-refractivity contribution in [3.8, 4) is 0 Å². The highest BCUT2D eigenvalue weighted by atomic mass is 16.6. The number of hydrogen-bond donors (Lipinski definition) is 1. The third kappa shape index (κ3) is 4.64. The van der Waals surface area contributed by atoms with Gasteiger partial charge in [0.1, 0.15) is 5.69 Å². The first-order chi connectivity index (χ1) is 11.5. The van der Waals surface area contributed by atoms with Gasteiger partial charge in [0.2, 0.25) is 0 Å². The van der Waals surface area contributed by atoms with Crippen molar-refractivity contribution in [3.63, 3.8) is 0 Å². The van der Waals surface area contributed by atoms with Gasteiger partial charge in [0.15, 0.2) is 6.10 Å². The van der Waals surface area contributed by atoms with E-state index in [0.717, 1.165) is 5.56 Å². The molecular weight excluding hydrogens is 312 g/mol. The summed E-state index contributed by atoms with van der Waals surface area (Å²) >= 11 is 0. The first kappa shape index (κ1) is 17.1. The maximum atomic E-state index is 12.1. The van der Waals surface area contributed by atoms with Crippen LogP contribution in [0.3, 0.4) is 0 Å². The molecule has 7 heteroatoms. The van der Waals surface area contributed by atoms with E-state index in [1.54, 1.807) is 30.3 Å². The number of benzene rings is 2. The summed E-state index contributed by atoms with van der Waals surface area (Å²) in [5.74, 6) is -1.18. The Morgan fingerprint density at radius 3 is 2.42 bits per heavy atom. The summed E-state index contributed by atoms with van der Waals surface area (Å²) < 4.78 is 5.07. The molecule has 0 aliphatic heterocycles. The van der Waals surface area contributed by atoms with Gasteiger partial charge in [-0.25, -0.2) is 0 Å². The van der Waals surface area contributed by atoms with Crippen molar-refractivity contribution in [3.05, 3.63) is 70.3 Å². The summed E-state index contributed by atoms with van der Waals surface area (Å²) in [4.78, 5) is 34.2. The monoisotopic (exact) mass is 328 g/mol. The third-order valence-corrected chi connectivity index (χ3v) is 3.23. The number of para-hydroxylation sites is 2. The average Bonchev–Trinajstić information content (AvgIpc) is 2.55. The quantitative estimate of drug-likeness (QED) is 0.499. The van der Waals surface area contributed by atoms with Crippen molar-refractivity contribution in [2.24, 2.45) is 0 Å². The summed E-state index contributed by atoms with van der Waals surface area (Å²) in [5, 5.41) is 13.3. The Kier molecular flexibility index (Phi) is 5.62. The van der Waals surface area contributed by atoms with Crippen molar-refractivity contribution >= 4 is 23.3 Å². The molecule has 7 nitrogen and oxygen atoms in total. The number of nitrogens with one attached hydrogen (secondary N) is 1. The fraction of sp³-hybridized carbons (Fsp3) is 0.176. The fourth-order valence-corrected chi connectivity index (χ4v) is 2.03. The largest absolute Gasteiger partial charge is 0.452 e. The number of nitro groups is 1. The predicted octanol–water partition coefficient (Wildman–Crippen LogP) is 2.71. The van der Waals surface area contributed by atoms with E-state index in [0.29, 0.717) is 0 Å². The minimum atomic E-state index is -1.07. The molecule has 0 radical (unpaired) electrons. The molecule has 0 fully saturated rings. The molecule has 0 spiro atoms. The summed E-state index contributed by atoms with van der Waals surface area (Å²) in [6.07, 6.45) is -1.02. The van der Waals surface area contributed by atoms with Gasteiger partial charge in [-0.2, -0.15) is 0 Å². The van der Waals surface area contributed by atoms with Crippen molar-refractivity contribution in [2.75, 3.05) is 5.32 Å². The lowest BCUT2D eigenvalue weighted by molar-refractivity contribution is -0.383. The molecule has 2 aromatic rings. The number of carbonyl (C=O) groups is 2. The van der Waals surface area contributed by atoms with Crippen LogP contribution in [0.2, 0.25) is 0 Å². The topological polar surface area (TPSA) is 98.5 Å². The minimum Gasteiger partial charge on any atom is -0.452 e. The molecule has 24 heavy (non-hydrogen) atoms. The zero-order valence-corrected chi connectivity index (χ0v) is 13.0. The lowest BCUT2D eigenvalue weighted by Crippen LogP contribution is -2.30.